The number of carbonyl (C=O) groups is 2. The van der Waals surface area contributed by atoms with E-state index in [4.69, 9.17) is 4.74 Å². The summed E-state index contributed by atoms with van der Waals surface area (Å²) in [7, 11) is 0. The molecule has 1 N–H and O–H groups in total. The predicted octanol–water partition coefficient (Wildman–Crippen LogP) is 5.41. The van der Waals surface area contributed by atoms with Crippen LogP contribution in [0.3, 0.4) is 0 Å². The number of rotatable bonds is 6. The maximum absolute atomic E-state index is 13.8. The smallest absolute Gasteiger partial charge is 0.329 e. The van der Waals surface area contributed by atoms with Gasteiger partial charge < -0.3 is 10.1 Å². The van der Waals surface area contributed by atoms with E-state index in [1.165, 1.54) is 11.0 Å². The van der Waals surface area contributed by atoms with Gasteiger partial charge in [-0.25, -0.2) is 9.18 Å². The normalized spacial score (nSPS) is 14.7. The number of carbonyl (C=O) groups excluding carboxylic acids is 2. The summed E-state index contributed by atoms with van der Waals surface area (Å²) in [6.45, 7) is 2.31. The Labute approximate surface area is 199 Å². The quantitative estimate of drug-likeness (QED) is 0.258. The highest BCUT2D eigenvalue weighted by molar-refractivity contribution is 14.1. The van der Waals surface area contributed by atoms with Gasteiger partial charge in [0.1, 0.15) is 23.9 Å². The third-order valence-electron chi connectivity index (χ3n) is 5.03. The molecule has 0 saturated carbocycles. The second kappa shape index (κ2) is 9.52. The number of nitrogens with zero attached hydrogens (tertiary/aromatic N) is 1. The number of hydrogen-bond acceptors (Lipinski definition) is 3. The van der Waals surface area contributed by atoms with Gasteiger partial charge in [-0.1, -0.05) is 54.1 Å². The molecule has 3 aromatic carbocycles. The second-order valence-corrected chi connectivity index (χ2v) is 8.60. The first kappa shape index (κ1) is 22.0. The molecule has 0 atom stereocenters. The number of amides is 3. The third kappa shape index (κ3) is 4.99. The van der Waals surface area contributed by atoms with E-state index in [1.54, 1.807) is 36.4 Å². The Balaban J connectivity index is 1.45. The zero-order chi connectivity index (χ0) is 22.7. The van der Waals surface area contributed by atoms with E-state index in [0.29, 0.717) is 11.3 Å². The van der Waals surface area contributed by atoms with Crippen molar-refractivity contribution >= 4 is 40.6 Å². The van der Waals surface area contributed by atoms with Crippen molar-refractivity contribution in [1.29, 1.82) is 0 Å². The van der Waals surface area contributed by atoms with Gasteiger partial charge in [0.15, 0.2) is 0 Å². The number of hydrogen-bond donors (Lipinski definition) is 1. The summed E-state index contributed by atoms with van der Waals surface area (Å²) in [4.78, 5) is 26.3. The fourth-order valence-electron chi connectivity index (χ4n) is 3.25. The molecule has 0 aliphatic carbocycles. The van der Waals surface area contributed by atoms with Gasteiger partial charge in [0.2, 0.25) is 0 Å². The number of benzene rings is 3. The number of nitrogens with one attached hydrogen (secondary N) is 1. The van der Waals surface area contributed by atoms with Gasteiger partial charge in [-0.3, -0.25) is 9.69 Å². The first-order valence-electron chi connectivity index (χ1n) is 9.96. The van der Waals surface area contributed by atoms with Crippen molar-refractivity contribution < 1.29 is 18.7 Å². The van der Waals surface area contributed by atoms with Gasteiger partial charge in [-0.15, -0.1) is 0 Å². The Bertz CT molecular complexity index is 1210. The van der Waals surface area contributed by atoms with Crippen LogP contribution in [-0.2, 0) is 17.9 Å². The molecular formula is C25H20FIN2O3. The molecule has 1 aliphatic heterocycles. The molecule has 1 fully saturated rings. The molecule has 7 heteroatoms. The maximum atomic E-state index is 13.8. The van der Waals surface area contributed by atoms with Crippen LogP contribution in [0.15, 0.2) is 72.4 Å². The van der Waals surface area contributed by atoms with Crippen LogP contribution in [0.5, 0.6) is 5.75 Å². The van der Waals surface area contributed by atoms with Crippen LogP contribution in [0.25, 0.3) is 6.08 Å². The molecule has 0 aromatic heterocycles. The molecule has 32 heavy (non-hydrogen) atoms. The number of halogens is 2. The highest BCUT2D eigenvalue weighted by atomic mass is 127. The van der Waals surface area contributed by atoms with Gasteiger partial charge >= 0.3 is 6.03 Å². The van der Waals surface area contributed by atoms with Crippen molar-refractivity contribution in [3.8, 4) is 5.75 Å². The van der Waals surface area contributed by atoms with Crippen molar-refractivity contribution in [1.82, 2.24) is 10.2 Å². The molecule has 1 aliphatic rings. The summed E-state index contributed by atoms with van der Waals surface area (Å²) >= 11 is 2.12. The number of ether oxygens (including phenoxy) is 1. The van der Waals surface area contributed by atoms with E-state index in [1.807, 2.05) is 37.3 Å². The lowest BCUT2D eigenvalue weighted by molar-refractivity contribution is -0.123. The lowest BCUT2D eigenvalue weighted by Gasteiger charge is -2.12. The van der Waals surface area contributed by atoms with Crippen molar-refractivity contribution in [3.63, 3.8) is 0 Å². The molecule has 0 bridgehead atoms. The van der Waals surface area contributed by atoms with Gasteiger partial charge in [-0.05, 0) is 64.9 Å². The Morgan fingerprint density at radius 1 is 1.06 bits per heavy atom. The van der Waals surface area contributed by atoms with E-state index in [-0.39, 0.29) is 30.6 Å². The zero-order valence-corrected chi connectivity index (χ0v) is 19.4. The number of urea groups is 1. The second-order valence-electron chi connectivity index (χ2n) is 7.44. The van der Waals surface area contributed by atoms with E-state index >= 15 is 0 Å². The molecule has 1 heterocycles. The summed E-state index contributed by atoms with van der Waals surface area (Å²) in [6.07, 6.45) is 1.64. The van der Waals surface area contributed by atoms with Crippen LogP contribution in [0.4, 0.5) is 9.18 Å². The van der Waals surface area contributed by atoms with E-state index < -0.39 is 6.03 Å². The van der Waals surface area contributed by atoms with Crippen LogP contribution >= 0.6 is 22.6 Å². The van der Waals surface area contributed by atoms with E-state index in [2.05, 4.69) is 27.9 Å². The Hall–Kier alpha value is -3.20. The minimum atomic E-state index is -0.443. The largest absolute Gasteiger partial charge is 0.488 e. The summed E-state index contributed by atoms with van der Waals surface area (Å²) in [5, 5.41) is 2.64. The molecule has 162 valence electrons. The Morgan fingerprint density at radius 3 is 2.53 bits per heavy atom. The standard InChI is InChI=1S/C25H20FIN2O3/c1-16-6-8-17(9-7-16)14-29-24(30)22(28-25(29)31)13-18-10-11-23(21(27)12-18)32-15-19-4-2-3-5-20(19)26/h2-13H,14-15H2,1H3,(H,28,31)/b22-13+. The molecule has 3 aromatic rings. The van der Waals surface area contributed by atoms with Crippen LogP contribution in [0, 0.1) is 16.3 Å². The fourth-order valence-corrected chi connectivity index (χ4v) is 3.95. The molecule has 4 rings (SSSR count). The molecule has 0 spiro atoms. The highest BCUT2D eigenvalue weighted by Gasteiger charge is 2.33. The summed E-state index contributed by atoms with van der Waals surface area (Å²) in [5.74, 6) is -0.0706. The average molecular weight is 542 g/mol. The average Bonchev–Trinajstić information content (AvgIpc) is 3.03. The van der Waals surface area contributed by atoms with E-state index in [0.717, 1.165) is 20.3 Å². The van der Waals surface area contributed by atoms with Gasteiger partial charge in [0, 0.05) is 5.56 Å². The highest BCUT2D eigenvalue weighted by Crippen LogP contribution is 2.25. The Kier molecular flexibility index (Phi) is 6.55. The molecule has 3 amide bonds. The number of aryl methyl sites for hydroxylation is 1. The van der Waals surface area contributed by atoms with Gasteiger partial charge in [0.05, 0.1) is 10.1 Å². The third-order valence-corrected chi connectivity index (χ3v) is 5.87. The molecule has 0 unspecified atom stereocenters. The Morgan fingerprint density at radius 2 is 1.81 bits per heavy atom. The topological polar surface area (TPSA) is 58.6 Å². The molecule has 0 radical (unpaired) electrons. The first-order chi connectivity index (χ1) is 15.4. The molecule has 1 saturated heterocycles. The lowest BCUT2D eigenvalue weighted by atomic mass is 10.1. The monoisotopic (exact) mass is 542 g/mol. The minimum absolute atomic E-state index is 0.117. The van der Waals surface area contributed by atoms with Crippen molar-refractivity contribution in [2.75, 3.05) is 0 Å². The lowest BCUT2D eigenvalue weighted by Crippen LogP contribution is -2.30. The molecule has 5 nitrogen and oxygen atoms in total. The maximum Gasteiger partial charge on any atom is 0.329 e. The van der Waals surface area contributed by atoms with Crippen molar-refractivity contribution in [3.05, 3.63) is 104 Å². The zero-order valence-electron chi connectivity index (χ0n) is 17.3. The predicted molar refractivity (Wildman–Crippen MR) is 128 cm³/mol. The minimum Gasteiger partial charge on any atom is -0.488 e. The first-order valence-corrected chi connectivity index (χ1v) is 11.0. The van der Waals surface area contributed by atoms with Crippen molar-refractivity contribution in [2.24, 2.45) is 0 Å². The van der Waals surface area contributed by atoms with Gasteiger partial charge in [0.25, 0.3) is 5.91 Å². The summed E-state index contributed by atoms with van der Waals surface area (Å²) < 4.78 is 20.3. The number of imide groups is 1. The van der Waals surface area contributed by atoms with E-state index in [9.17, 15) is 14.0 Å². The summed E-state index contributed by atoms with van der Waals surface area (Å²) in [5.41, 5.74) is 3.43. The van der Waals surface area contributed by atoms with Crippen LogP contribution in [0.1, 0.15) is 22.3 Å². The van der Waals surface area contributed by atoms with Gasteiger partial charge in [-0.2, -0.15) is 0 Å². The van der Waals surface area contributed by atoms with Crippen LogP contribution < -0.4 is 10.1 Å². The SMILES string of the molecule is Cc1ccc(CN2C(=O)N/C(=C/c3ccc(OCc4ccccc4F)c(I)c3)C2=O)cc1. The van der Waals surface area contributed by atoms with Crippen LogP contribution in [-0.4, -0.2) is 16.8 Å². The van der Waals surface area contributed by atoms with Crippen LogP contribution in [0.2, 0.25) is 0 Å². The fraction of sp³-hybridized carbons (Fsp3) is 0.120. The molecular weight excluding hydrogens is 522 g/mol. The van der Waals surface area contributed by atoms with Crippen molar-refractivity contribution in [2.45, 2.75) is 20.1 Å². The summed E-state index contributed by atoms with van der Waals surface area (Å²) in [6, 6.07) is 19.1.